The Morgan fingerprint density at radius 1 is 1.20 bits per heavy atom. The zero-order chi connectivity index (χ0) is 6.69. The van der Waals surface area contributed by atoms with Crippen molar-refractivity contribution in [2.75, 3.05) is 0 Å². The van der Waals surface area contributed by atoms with Crippen molar-refractivity contribution in [3.8, 4) is 0 Å². The van der Waals surface area contributed by atoms with Crippen LogP contribution in [0.5, 0.6) is 0 Å². The fourth-order valence-corrected chi connectivity index (χ4v) is 0.695. The summed E-state index contributed by atoms with van der Waals surface area (Å²) in [4.78, 5) is 10.4. The van der Waals surface area contributed by atoms with Gasteiger partial charge in [0.2, 0.25) is 0 Å². The van der Waals surface area contributed by atoms with Gasteiger partial charge in [0.25, 0.3) is 5.24 Å². The quantitative estimate of drug-likeness (QED) is 0.597. The number of rotatable bonds is 1. The van der Waals surface area contributed by atoms with Crippen LogP contribution in [-0.4, -0.2) is 5.24 Å². The van der Waals surface area contributed by atoms with E-state index in [0.29, 0.717) is 5.56 Å². The molecule has 1 aromatic rings. The van der Waals surface area contributed by atoms with Crippen molar-refractivity contribution in [2.24, 2.45) is 0 Å². The standard InChI is InChI=1S/C7H5ClO.H2S/c8-7(9)6-4-2-1-3-5-6;/h1-5H;1H2. The van der Waals surface area contributed by atoms with Gasteiger partial charge in [-0.3, -0.25) is 4.79 Å². The minimum absolute atomic E-state index is 0. The zero-order valence-electron chi connectivity index (χ0n) is 5.17. The first-order chi connectivity index (χ1) is 4.30. The third-order valence-electron chi connectivity index (χ3n) is 1.00. The highest BCUT2D eigenvalue weighted by atomic mass is 35.5. The summed E-state index contributed by atoms with van der Waals surface area (Å²) >= 11 is 5.16. The topological polar surface area (TPSA) is 17.1 Å². The van der Waals surface area contributed by atoms with Gasteiger partial charge < -0.3 is 0 Å². The zero-order valence-corrected chi connectivity index (χ0v) is 6.93. The van der Waals surface area contributed by atoms with Crippen molar-refractivity contribution in [3.63, 3.8) is 0 Å². The smallest absolute Gasteiger partial charge is 0.252 e. The van der Waals surface area contributed by atoms with Crippen molar-refractivity contribution >= 4 is 30.3 Å². The second-order valence-electron chi connectivity index (χ2n) is 1.64. The molecule has 0 heterocycles. The summed E-state index contributed by atoms with van der Waals surface area (Å²) in [6.45, 7) is 0. The molecule has 0 atom stereocenters. The third kappa shape index (κ3) is 2.42. The van der Waals surface area contributed by atoms with Crippen LogP contribution in [-0.2, 0) is 0 Å². The Kier molecular flexibility index (Phi) is 4.16. The highest BCUT2D eigenvalue weighted by molar-refractivity contribution is 7.59. The van der Waals surface area contributed by atoms with Gasteiger partial charge in [-0.05, 0) is 11.6 Å². The van der Waals surface area contributed by atoms with Crippen LogP contribution in [0.3, 0.4) is 0 Å². The fourth-order valence-electron chi connectivity index (χ4n) is 0.569. The Labute approximate surface area is 71.5 Å². The minimum Gasteiger partial charge on any atom is -0.276 e. The number of carbonyl (C=O) groups is 1. The molecule has 0 bridgehead atoms. The first-order valence-corrected chi connectivity index (χ1v) is 2.93. The van der Waals surface area contributed by atoms with Crippen LogP contribution in [0.2, 0.25) is 0 Å². The van der Waals surface area contributed by atoms with Crippen molar-refractivity contribution in [1.82, 2.24) is 0 Å². The second-order valence-corrected chi connectivity index (χ2v) is 1.98. The molecule has 0 aliphatic heterocycles. The molecule has 0 fully saturated rings. The highest BCUT2D eigenvalue weighted by Crippen LogP contribution is 2.01. The number of hydrogen-bond acceptors (Lipinski definition) is 1. The fraction of sp³-hybridized carbons (Fsp3) is 0. The summed E-state index contributed by atoms with van der Waals surface area (Å²) in [6, 6.07) is 8.74. The van der Waals surface area contributed by atoms with Crippen LogP contribution >= 0.6 is 25.1 Å². The maximum atomic E-state index is 10.4. The average Bonchev–Trinajstić information content (AvgIpc) is 1.90. The molecule has 0 spiro atoms. The molecule has 10 heavy (non-hydrogen) atoms. The first kappa shape index (κ1) is 9.53. The van der Waals surface area contributed by atoms with Gasteiger partial charge in [0.1, 0.15) is 0 Å². The van der Waals surface area contributed by atoms with Gasteiger partial charge in [0.05, 0.1) is 0 Å². The normalized spacial score (nSPS) is 8.10. The lowest BCUT2D eigenvalue weighted by Gasteiger charge is -1.87. The summed E-state index contributed by atoms with van der Waals surface area (Å²) in [5.74, 6) is 0. The molecule has 0 saturated heterocycles. The van der Waals surface area contributed by atoms with E-state index in [4.69, 9.17) is 11.6 Å². The molecule has 0 unspecified atom stereocenters. The lowest BCUT2D eigenvalue weighted by atomic mass is 10.2. The lowest BCUT2D eigenvalue weighted by Crippen LogP contribution is -1.84. The van der Waals surface area contributed by atoms with E-state index in [1.165, 1.54) is 0 Å². The van der Waals surface area contributed by atoms with E-state index in [0.717, 1.165) is 0 Å². The van der Waals surface area contributed by atoms with Gasteiger partial charge in [-0.2, -0.15) is 13.5 Å². The Hall–Kier alpha value is -0.470. The van der Waals surface area contributed by atoms with Crippen molar-refractivity contribution in [2.45, 2.75) is 0 Å². The Morgan fingerprint density at radius 2 is 1.70 bits per heavy atom. The van der Waals surface area contributed by atoms with Crippen LogP contribution in [0.15, 0.2) is 30.3 Å². The van der Waals surface area contributed by atoms with E-state index in [2.05, 4.69) is 0 Å². The maximum Gasteiger partial charge on any atom is 0.252 e. The van der Waals surface area contributed by atoms with Crippen molar-refractivity contribution < 1.29 is 4.79 Å². The van der Waals surface area contributed by atoms with Gasteiger partial charge in [-0.25, -0.2) is 0 Å². The average molecular weight is 175 g/mol. The van der Waals surface area contributed by atoms with Crippen molar-refractivity contribution in [3.05, 3.63) is 35.9 Å². The SMILES string of the molecule is O=C(Cl)c1ccccc1.S. The minimum atomic E-state index is -0.407. The highest BCUT2D eigenvalue weighted by Gasteiger charge is 1.95. The molecule has 0 radical (unpaired) electrons. The summed E-state index contributed by atoms with van der Waals surface area (Å²) < 4.78 is 0. The molecule has 1 nitrogen and oxygen atoms in total. The molecule has 0 aromatic heterocycles. The second kappa shape index (κ2) is 4.36. The van der Waals surface area contributed by atoms with Gasteiger partial charge in [0, 0.05) is 5.56 Å². The van der Waals surface area contributed by atoms with E-state index in [1.807, 2.05) is 6.07 Å². The Balaban J connectivity index is 0.000000810. The molecule has 0 aliphatic carbocycles. The predicted molar refractivity (Wildman–Crippen MR) is 47.0 cm³/mol. The van der Waals surface area contributed by atoms with Crippen LogP contribution in [0.4, 0.5) is 0 Å². The van der Waals surface area contributed by atoms with Crippen LogP contribution in [0, 0.1) is 0 Å². The molecule has 0 aliphatic rings. The summed E-state index contributed by atoms with van der Waals surface area (Å²) in [6.07, 6.45) is 0. The van der Waals surface area contributed by atoms with E-state index in [-0.39, 0.29) is 13.5 Å². The molecule has 54 valence electrons. The van der Waals surface area contributed by atoms with Crippen LogP contribution in [0.25, 0.3) is 0 Å². The van der Waals surface area contributed by atoms with Gasteiger partial charge in [-0.15, -0.1) is 0 Å². The molecule has 1 rings (SSSR count). The summed E-state index contributed by atoms with van der Waals surface area (Å²) in [5.41, 5.74) is 0.541. The van der Waals surface area contributed by atoms with E-state index < -0.39 is 5.24 Å². The molecule has 0 amide bonds. The van der Waals surface area contributed by atoms with E-state index in [9.17, 15) is 4.79 Å². The number of halogens is 1. The molecule has 0 N–H and O–H groups in total. The van der Waals surface area contributed by atoms with Crippen LogP contribution < -0.4 is 0 Å². The molecule has 1 aromatic carbocycles. The van der Waals surface area contributed by atoms with Crippen LogP contribution in [0.1, 0.15) is 10.4 Å². The van der Waals surface area contributed by atoms with E-state index in [1.54, 1.807) is 24.3 Å². The molecular formula is C7H7ClOS. The monoisotopic (exact) mass is 174 g/mol. The summed E-state index contributed by atoms with van der Waals surface area (Å²) in [7, 11) is 0. The molecule has 3 heteroatoms. The third-order valence-corrected chi connectivity index (χ3v) is 1.22. The molecule has 0 saturated carbocycles. The number of carbonyl (C=O) groups excluding carboxylic acids is 1. The Bertz CT molecular complexity index is 210. The van der Waals surface area contributed by atoms with E-state index >= 15 is 0 Å². The van der Waals surface area contributed by atoms with Gasteiger partial charge >= 0.3 is 0 Å². The van der Waals surface area contributed by atoms with Crippen molar-refractivity contribution in [1.29, 1.82) is 0 Å². The first-order valence-electron chi connectivity index (χ1n) is 2.55. The van der Waals surface area contributed by atoms with Gasteiger partial charge in [-0.1, -0.05) is 30.3 Å². The Morgan fingerprint density at radius 3 is 2.00 bits per heavy atom. The lowest BCUT2D eigenvalue weighted by molar-refractivity contribution is 0.108. The number of benzene rings is 1. The predicted octanol–water partition coefficient (Wildman–Crippen LogP) is 2.18. The molecular weight excluding hydrogens is 168 g/mol. The van der Waals surface area contributed by atoms with Gasteiger partial charge in [0.15, 0.2) is 0 Å². The summed E-state index contributed by atoms with van der Waals surface area (Å²) in [5, 5.41) is -0.407. The largest absolute Gasteiger partial charge is 0.276 e. The number of hydrogen-bond donors (Lipinski definition) is 0. The maximum absolute atomic E-state index is 10.4.